The summed E-state index contributed by atoms with van der Waals surface area (Å²) in [5.41, 5.74) is 0.484. The van der Waals surface area contributed by atoms with E-state index in [4.69, 9.17) is 0 Å². The van der Waals surface area contributed by atoms with Gasteiger partial charge in [-0.3, -0.25) is 4.90 Å². The van der Waals surface area contributed by atoms with Crippen LogP contribution >= 0.6 is 0 Å². The van der Waals surface area contributed by atoms with Crippen LogP contribution in [0.1, 0.15) is 73.1 Å². The van der Waals surface area contributed by atoms with Crippen molar-refractivity contribution >= 4 is 0 Å². The van der Waals surface area contributed by atoms with Gasteiger partial charge < -0.3 is 5.32 Å². The van der Waals surface area contributed by atoms with E-state index in [9.17, 15) is 0 Å². The number of unbranched alkanes of at least 4 members (excludes halogenated alkanes) is 2. The first-order valence-electron chi connectivity index (χ1n) is 8.90. The van der Waals surface area contributed by atoms with Crippen molar-refractivity contribution in [3.63, 3.8) is 0 Å². The normalized spacial score (nSPS) is 23.6. The molecule has 0 spiro atoms. The second-order valence-corrected chi connectivity index (χ2v) is 7.79. The minimum atomic E-state index is 0.484. The Morgan fingerprint density at radius 1 is 1.15 bits per heavy atom. The molecule has 0 bridgehead atoms. The zero-order valence-electron chi connectivity index (χ0n) is 14.7. The van der Waals surface area contributed by atoms with E-state index >= 15 is 0 Å². The minimum absolute atomic E-state index is 0.484. The van der Waals surface area contributed by atoms with Gasteiger partial charge in [-0.15, -0.1) is 0 Å². The summed E-state index contributed by atoms with van der Waals surface area (Å²) in [5.74, 6) is 0.900. The third-order valence-electron chi connectivity index (χ3n) is 5.01. The second kappa shape index (κ2) is 9.04. The molecule has 2 nitrogen and oxygen atoms in total. The molecular weight excluding hydrogens is 244 g/mol. The minimum Gasteiger partial charge on any atom is -0.315 e. The van der Waals surface area contributed by atoms with E-state index in [0.717, 1.165) is 12.5 Å². The molecule has 1 N–H and O–H groups in total. The summed E-state index contributed by atoms with van der Waals surface area (Å²) in [7, 11) is 0. The molecule has 2 unspecified atom stereocenters. The first-order valence-corrected chi connectivity index (χ1v) is 8.90. The molecule has 2 heteroatoms. The Bertz CT molecular complexity index is 244. The van der Waals surface area contributed by atoms with Crippen molar-refractivity contribution in [1.29, 1.82) is 0 Å². The van der Waals surface area contributed by atoms with Crippen LogP contribution in [0.4, 0.5) is 0 Å². The first kappa shape index (κ1) is 18.0. The smallest absolute Gasteiger partial charge is 0.0192 e. The van der Waals surface area contributed by atoms with Crippen LogP contribution < -0.4 is 5.32 Å². The van der Waals surface area contributed by atoms with Gasteiger partial charge in [-0.1, -0.05) is 40.5 Å². The lowest BCUT2D eigenvalue weighted by Crippen LogP contribution is -2.41. The molecule has 0 aromatic carbocycles. The molecule has 0 aliphatic carbocycles. The van der Waals surface area contributed by atoms with Crippen LogP contribution in [0.5, 0.6) is 0 Å². The Hall–Kier alpha value is -0.0800. The largest absolute Gasteiger partial charge is 0.315 e. The van der Waals surface area contributed by atoms with Gasteiger partial charge in [0.1, 0.15) is 0 Å². The summed E-state index contributed by atoms with van der Waals surface area (Å²) in [5, 5.41) is 3.64. The van der Waals surface area contributed by atoms with Crippen LogP contribution in [-0.2, 0) is 0 Å². The molecule has 1 rings (SSSR count). The van der Waals surface area contributed by atoms with Gasteiger partial charge in [-0.2, -0.15) is 0 Å². The monoisotopic (exact) mass is 282 g/mol. The summed E-state index contributed by atoms with van der Waals surface area (Å²) in [6.07, 6.45) is 8.17. The third-order valence-corrected chi connectivity index (χ3v) is 5.01. The average Bonchev–Trinajstić information content (AvgIpc) is 2.63. The number of likely N-dealkylation sites (tertiary alicyclic amines) is 1. The molecule has 0 radical (unpaired) electrons. The van der Waals surface area contributed by atoms with Crippen LogP contribution in [-0.4, -0.2) is 37.1 Å². The summed E-state index contributed by atoms with van der Waals surface area (Å²) in [6, 6.07) is 0.690. The topological polar surface area (TPSA) is 15.3 Å². The molecule has 20 heavy (non-hydrogen) atoms. The third kappa shape index (κ3) is 6.58. The molecule has 1 aliphatic rings. The van der Waals surface area contributed by atoms with Crippen molar-refractivity contribution in [3.8, 4) is 0 Å². The number of nitrogens with one attached hydrogen (secondary N) is 1. The lowest BCUT2D eigenvalue weighted by molar-refractivity contribution is 0.186. The predicted octanol–water partition coefficient (Wildman–Crippen LogP) is 4.30. The first-order chi connectivity index (χ1) is 9.45. The molecule has 0 saturated carbocycles. The molecule has 1 fully saturated rings. The summed E-state index contributed by atoms with van der Waals surface area (Å²) < 4.78 is 0. The maximum Gasteiger partial charge on any atom is 0.0192 e. The van der Waals surface area contributed by atoms with E-state index in [2.05, 4.69) is 44.8 Å². The van der Waals surface area contributed by atoms with Crippen molar-refractivity contribution in [1.82, 2.24) is 10.2 Å². The van der Waals surface area contributed by atoms with Crippen molar-refractivity contribution in [3.05, 3.63) is 0 Å². The van der Waals surface area contributed by atoms with Gasteiger partial charge in [0.2, 0.25) is 0 Å². The fourth-order valence-electron chi connectivity index (χ4n) is 3.37. The van der Waals surface area contributed by atoms with Gasteiger partial charge in [0.25, 0.3) is 0 Å². The molecule has 1 aliphatic heterocycles. The van der Waals surface area contributed by atoms with Crippen molar-refractivity contribution < 1.29 is 0 Å². The van der Waals surface area contributed by atoms with Crippen molar-refractivity contribution in [2.45, 2.75) is 79.2 Å². The molecule has 1 heterocycles. The van der Waals surface area contributed by atoms with Gasteiger partial charge in [-0.05, 0) is 63.6 Å². The molecule has 2 atom stereocenters. The van der Waals surface area contributed by atoms with E-state index in [-0.39, 0.29) is 0 Å². The summed E-state index contributed by atoms with van der Waals surface area (Å²) in [6.45, 7) is 16.8. The highest BCUT2D eigenvalue weighted by molar-refractivity contribution is 4.81. The van der Waals surface area contributed by atoms with Gasteiger partial charge in [-0.25, -0.2) is 0 Å². The number of nitrogens with zero attached hydrogens (tertiary/aromatic N) is 1. The van der Waals surface area contributed by atoms with Gasteiger partial charge in [0.15, 0.2) is 0 Å². The number of hydrogen-bond acceptors (Lipinski definition) is 2. The van der Waals surface area contributed by atoms with Gasteiger partial charge in [0, 0.05) is 12.6 Å². The maximum absolute atomic E-state index is 3.64. The van der Waals surface area contributed by atoms with Crippen molar-refractivity contribution in [2.24, 2.45) is 11.3 Å². The predicted molar refractivity (Wildman–Crippen MR) is 90.2 cm³/mol. The SMILES string of the molecule is CCCCCNCC(C)N1CCCC(C(C)(C)C)CC1. The Balaban J connectivity index is 2.26. The highest BCUT2D eigenvalue weighted by atomic mass is 15.2. The number of hydrogen-bond donors (Lipinski definition) is 1. The van der Waals surface area contributed by atoms with E-state index in [0.29, 0.717) is 11.5 Å². The van der Waals surface area contributed by atoms with E-state index < -0.39 is 0 Å². The standard InChI is InChI=1S/C18H38N2/c1-6-7-8-12-19-15-16(2)20-13-9-10-17(11-14-20)18(3,4)5/h16-17,19H,6-15H2,1-5H3. The molecular formula is C18H38N2. The quantitative estimate of drug-likeness (QED) is 0.700. The summed E-state index contributed by atoms with van der Waals surface area (Å²) in [4.78, 5) is 2.71. The van der Waals surface area contributed by atoms with E-state index in [1.807, 2.05) is 0 Å². The molecule has 0 amide bonds. The Kier molecular flexibility index (Phi) is 8.13. The average molecular weight is 283 g/mol. The molecule has 1 saturated heterocycles. The molecule has 0 aromatic rings. The molecule has 120 valence electrons. The number of rotatable bonds is 7. The second-order valence-electron chi connectivity index (χ2n) is 7.79. The zero-order chi connectivity index (χ0) is 15.0. The highest BCUT2D eigenvalue weighted by Crippen LogP contribution is 2.34. The fourth-order valence-corrected chi connectivity index (χ4v) is 3.37. The van der Waals surface area contributed by atoms with E-state index in [1.54, 1.807) is 0 Å². The van der Waals surface area contributed by atoms with Gasteiger partial charge >= 0.3 is 0 Å². The zero-order valence-corrected chi connectivity index (χ0v) is 14.7. The Morgan fingerprint density at radius 3 is 2.55 bits per heavy atom. The lowest BCUT2D eigenvalue weighted by Gasteiger charge is -2.31. The van der Waals surface area contributed by atoms with Crippen LogP contribution in [0.3, 0.4) is 0 Å². The lowest BCUT2D eigenvalue weighted by atomic mass is 9.77. The van der Waals surface area contributed by atoms with Crippen LogP contribution in [0.2, 0.25) is 0 Å². The summed E-state index contributed by atoms with van der Waals surface area (Å²) >= 11 is 0. The van der Waals surface area contributed by atoms with Crippen LogP contribution in [0.25, 0.3) is 0 Å². The van der Waals surface area contributed by atoms with Crippen LogP contribution in [0, 0.1) is 11.3 Å². The fraction of sp³-hybridized carbons (Fsp3) is 1.00. The Labute approximate surface area is 127 Å². The highest BCUT2D eigenvalue weighted by Gasteiger charge is 2.28. The van der Waals surface area contributed by atoms with E-state index in [1.165, 1.54) is 58.2 Å². The molecule has 0 aromatic heterocycles. The maximum atomic E-state index is 3.64. The van der Waals surface area contributed by atoms with Gasteiger partial charge in [0.05, 0.1) is 0 Å². The Morgan fingerprint density at radius 2 is 1.90 bits per heavy atom. The van der Waals surface area contributed by atoms with Crippen molar-refractivity contribution in [2.75, 3.05) is 26.2 Å². The van der Waals surface area contributed by atoms with Crippen LogP contribution in [0.15, 0.2) is 0 Å².